The van der Waals surface area contributed by atoms with Gasteiger partial charge in [0.1, 0.15) is 23.9 Å². The number of esters is 1. The summed E-state index contributed by atoms with van der Waals surface area (Å²) in [5.74, 6) is -1.03. The summed E-state index contributed by atoms with van der Waals surface area (Å²) in [4.78, 5) is 52.3. The standard InChI is InChI=1S/C24H38N4O5S2/c1-6-17-21(29)28-20(15(4)5)24(32)33-16-9-7-8-12-34-35-13-18(22(30)26-17)27-23(31)19(14(2)3)25-11-10-16/h6-7,9,14-16,18-20,25H,8,10-13H2,1-5H3,(H,26,30)(H,27,31)(H,28,29)/b9-7+,17-6-. The van der Waals surface area contributed by atoms with E-state index in [9.17, 15) is 19.2 Å². The predicted octanol–water partition coefficient (Wildman–Crippen LogP) is 1.90. The Bertz CT molecular complexity index is 831. The second-order valence-corrected chi connectivity index (χ2v) is 11.8. The van der Waals surface area contributed by atoms with Gasteiger partial charge >= 0.3 is 5.97 Å². The van der Waals surface area contributed by atoms with Gasteiger partial charge in [0, 0.05) is 17.9 Å². The van der Waals surface area contributed by atoms with Crippen molar-refractivity contribution in [3.8, 4) is 0 Å². The van der Waals surface area contributed by atoms with Crippen LogP contribution in [-0.2, 0) is 23.9 Å². The van der Waals surface area contributed by atoms with Crippen molar-refractivity contribution in [2.24, 2.45) is 11.8 Å². The summed E-state index contributed by atoms with van der Waals surface area (Å²) >= 11 is 0. The number of rotatable bonds is 2. The summed E-state index contributed by atoms with van der Waals surface area (Å²) < 4.78 is 5.80. The largest absolute Gasteiger partial charge is 0.457 e. The monoisotopic (exact) mass is 526 g/mol. The first-order valence-corrected chi connectivity index (χ1v) is 14.6. The number of amides is 3. The first kappa shape index (κ1) is 29.3. The predicted molar refractivity (Wildman–Crippen MR) is 140 cm³/mol. The van der Waals surface area contributed by atoms with Crippen molar-refractivity contribution in [1.29, 1.82) is 0 Å². The normalized spacial score (nSPS) is 30.3. The lowest BCUT2D eigenvalue weighted by Gasteiger charge is -2.28. The third kappa shape index (κ3) is 9.20. The fraction of sp³-hybridized carbons (Fsp3) is 0.667. The van der Waals surface area contributed by atoms with Crippen LogP contribution in [0.2, 0.25) is 0 Å². The molecule has 0 aliphatic carbocycles. The Kier molecular flexibility index (Phi) is 12.2. The topological polar surface area (TPSA) is 126 Å². The Morgan fingerprint density at radius 2 is 1.71 bits per heavy atom. The van der Waals surface area contributed by atoms with E-state index < -0.39 is 42.0 Å². The minimum atomic E-state index is -0.883. The highest BCUT2D eigenvalue weighted by Gasteiger charge is 2.32. The molecule has 2 bridgehead atoms. The molecule has 2 aliphatic rings. The molecule has 2 heterocycles. The molecule has 0 aromatic heterocycles. The third-order valence-corrected chi connectivity index (χ3v) is 8.12. The van der Waals surface area contributed by atoms with Gasteiger partial charge in [-0.25, -0.2) is 4.79 Å². The summed E-state index contributed by atoms with van der Waals surface area (Å²) in [6.45, 7) is 9.55. The molecule has 11 heteroatoms. The summed E-state index contributed by atoms with van der Waals surface area (Å²) in [5, 5.41) is 11.5. The smallest absolute Gasteiger partial charge is 0.329 e. The lowest BCUT2D eigenvalue weighted by Crippen LogP contribution is -2.56. The van der Waals surface area contributed by atoms with E-state index in [1.807, 2.05) is 39.8 Å². The Morgan fingerprint density at radius 3 is 2.37 bits per heavy atom. The molecule has 4 atom stereocenters. The summed E-state index contributed by atoms with van der Waals surface area (Å²) in [6, 6.07) is -2.25. The highest BCUT2D eigenvalue weighted by atomic mass is 33.1. The SMILES string of the molecule is C/C=C1\NC(=O)C2CSSCC/C=C/C(CCNC(C(C)C)C(=O)N2)OC(=O)C(C(C)C)NC1=O. The minimum Gasteiger partial charge on any atom is -0.457 e. The first-order valence-electron chi connectivity index (χ1n) is 12.1. The molecule has 2 aliphatic heterocycles. The second-order valence-electron chi connectivity index (χ2n) is 9.21. The Balaban J connectivity index is 2.49. The molecule has 0 aromatic rings. The number of hydrogen-bond acceptors (Lipinski definition) is 8. The summed E-state index contributed by atoms with van der Waals surface area (Å²) in [5.41, 5.74) is 0.0109. The van der Waals surface area contributed by atoms with Crippen molar-refractivity contribution in [3.63, 3.8) is 0 Å². The van der Waals surface area contributed by atoms with E-state index in [4.69, 9.17) is 4.74 Å². The van der Waals surface area contributed by atoms with Crippen molar-refractivity contribution in [2.45, 2.75) is 71.7 Å². The average Bonchev–Trinajstić information content (AvgIpc) is 2.80. The molecule has 1 saturated heterocycles. The fourth-order valence-electron chi connectivity index (χ4n) is 3.61. The lowest BCUT2D eigenvalue weighted by molar-refractivity contribution is -0.152. The van der Waals surface area contributed by atoms with Gasteiger partial charge in [-0.2, -0.15) is 0 Å². The number of carbonyl (C=O) groups excluding carboxylic acids is 4. The second kappa shape index (κ2) is 14.5. The van der Waals surface area contributed by atoms with Crippen LogP contribution in [-0.4, -0.2) is 66.0 Å². The molecule has 2 rings (SSSR count). The molecule has 4 unspecified atom stereocenters. The number of allylic oxidation sites excluding steroid dienone is 2. The van der Waals surface area contributed by atoms with Crippen LogP contribution < -0.4 is 21.3 Å². The molecular weight excluding hydrogens is 488 g/mol. The van der Waals surface area contributed by atoms with E-state index in [2.05, 4.69) is 21.3 Å². The number of ether oxygens (including phenoxy) is 1. The number of carbonyl (C=O) groups is 4. The summed E-state index contributed by atoms with van der Waals surface area (Å²) in [7, 11) is 3.08. The van der Waals surface area contributed by atoms with Crippen LogP contribution in [0, 0.1) is 11.8 Å². The van der Waals surface area contributed by atoms with Crippen LogP contribution in [0.3, 0.4) is 0 Å². The molecular formula is C24H38N4O5S2. The zero-order chi connectivity index (χ0) is 26.0. The van der Waals surface area contributed by atoms with Gasteiger partial charge in [-0.05, 0) is 37.8 Å². The van der Waals surface area contributed by atoms with Crippen LogP contribution >= 0.6 is 21.6 Å². The molecule has 0 aromatic carbocycles. The Hall–Kier alpha value is -1.98. The van der Waals surface area contributed by atoms with Gasteiger partial charge in [-0.1, -0.05) is 61.4 Å². The molecule has 0 saturated carbocycles. The average molecular weight is 527 g/mol. The number of nitrogens with one attached hydrogen (secondary N) is 4. The van der Waals surface area contributed by atoms with Gasteiger partial charge in [-0.15, -0.1) is 0 Å². The van der Waals surface area contributed by atoms with Crippen molar-refractivity contribution in [2.75, 3.05) is 18.1 Å². The van der Waals surface area contributed by atoms with E-state index in [0.717, 1.165) is 12.2 Å². The molecule has 9 nitrogen and oxygen atoms in total. The molecule has 35 heavy (non-hydrogen) atoms. The number of hydrogen-bond donors (Lipinski definition) is 4. The maximum atomic E-state index is 13.2. The van der Waals surface area contributed by atoms with Crippen LogP contribution in [0.4, 0.5) is 0 Å². The van der Waals surface area contributed by atoms with Crippen molar-refractivity contribution < 1.29 is 23.9 Å². The van der Waals surface area contributed by atoms with Crippen LogP contribution in [0.5, 0.6) is 0 Å². The third-order valence-electron chi connectivity index (χ3n) is 5.68. The van der Waals surface area contributed by atoms with Gasteiger partial charge in [-0.3, -0.25) is 14.4 Å². The highest BCUT2D eigenvalue weighted by molar-refractivity contribution is 8.76. The van der Waals surface area contributed by atoms with Crippen molar-refractivity contribution in [3.05, 3.63) is 23.9 Å². The van der Waals surface area contributed by atoms with Crippen LogP contribution in [0.15, 0.2) is 23.9 Å². The minimum absolute atomic E-state index is 0.0109. The Morgan fingerprint density at radius 1 is 1.00 bits per heavy atom. The molecule has 0 radical (unpaired) electrons. The molecule has 3 amide bonds. The highest BCUT2D eigenvalue weighted by Crippen LogP contribution is 2.24. The van der Waals surface area contributed by atoms with Gasteiger partial charge in [0.25, 0.3) is 5.91 Å². The summed E-state index contributed by atoms with van der Waals surface area (Å²) in [6.07, 6.45) is 6.05. The lowest BCUT2D eigenvalue weighted by atomic mass is 10.0. The van der Waals surface area contributed by atoms with E-state index in [1.54, 1.807) is 17.7 Å². The quantitative estimate of drug-likeness (QED) is 0.186. The maximum Gasteiger partial charge on any atom is 0.329 e. The van der Waals surface area contributed by atoms with Gasteiger partial charge in [0.2, 0.25) is 11.8 Å². The van der Waals surface area contributed by atoms with E-state index in [-0.39, 0.29) is 23.4 Å². The van der Waals surface area contributed by atoms with E-state index in [1.165, 1.54) is 16.9 Å². The molecule has 0 spiro atoms. The van der Waals surface area contributed by atoms with Gasteiger partial charge in [0.15, 0.2) is 0 Å². The molecule has 1 fully saturated rings. The van der Waals surface area contributed by atoms with Gasteiger partial charge < -0.3 is 26.0 Å². The fourth-order valence-corrected chi connectivity index (χ4v) is 5.77. The molecule has 4 N–H and O–H groups in total. The maximum absolute atomic E-state index is 13.2. The van der Waals surface area contributed by atoms with Gasteiger partial charge in [0.05, 0.1) is 6.04 Å². The number of fused-ring (bicyclic) bond motifs is 7. The van der Waals surface area contributed by atoms with E-state index in [0.29, 0.717) is 18.7 Å². The zero-order valence-electron chi connectivity index (χ0n) is 21.1. The van der Waals surface area contributed by atoms with Crippen molar-refractivity contribution in [1.82, 2.24) is 21.3 Å². The molecule has 196 valence electrons. The van der Waals surface area contributed by atoms with Crippen molar-refractivity contribution >= 4 is 45.3 Å². The van der Waals surface area contributed by atoms with E-state index >= 15 is 0 Å². The first-order chi connectivity index (χ1) is 16.6. The Labute approximate surface area is 215 Å². The van der Waals surface area contributed by atoms with Crippen LogP contribution in [0.25, 0.3) is 0 Å². The zero-order valence-corrected chi connectivity index (χ0v) is 22.7. The van der Waals surface area contributed by atoms with Crippen LogP contribution in [0.1, 0.15) is 47.5 Å².